The van der Waals surface area contributed by atoms with Crippen molar-refractivity contribution in [3.63, 3.8) is 0 Å². The quantitative estimate of drug-likeness (QED) is 0.0135. The molecule has 3 fully saturated rings. The summed E-state index contributed by atoms with van der Waals surface area (Å²) in [5, 5.41) is 50.2. The number of fused-ring (bicyclic) bond motifs is 3. The van der Waals surface area contributed by atoms with Crippen molar-refractivity contribution in [1.82, 2.24) is 46.9 Å². The highest BCUT2D eigenvalue weighted by Crippen LogP contribution is 2.27. The Kier molecular flexibility index (Phi) is 29.2. The summed E-state index contributed by atoms with van der Waals surface area (Å²) in [6.45, 7) is 20.0. The topological polar surface area (TPSA) is 266 Å². The number of hydrogen-bond acceptors (Lipinski definition) is 16. The van der Waals surface area contributed by atoms with Crippen molar-refractivity contribution >= 4 is 61.3 Å². The third-order valence-corrected chi connectivity index (χ3v) is 20.2. The van der Waals surface area contributed by atoms with Gasteiger partial charge in [0.15, 0.2) is 10.6 Å². The van der Waals surface area contributed by atoms with Crippen molar-refractivity contribution in [3.05, 3.63) is 222 Å². The Bertz CT molecular complexity index is 3580. The number of carbonyl (C=O) groups excluding carboxylic acids is 3. The SMILES string of the molecule is C=C(O)[C@H](Cc1ccc(OCCCCC2CCNCC2)cc1)NC(=O)c1cc2ccccc2[nH]1.C=C(O)[C@H](Cc1ccc(OCCCCC2CCNCC2)cc1)NC(=O)c1nc2ccccc2o1.C=C(O)[C@H](Cc1ccc(OCCCCC2CCNCC2)cc1)NC(=O)c1nc2ccccc2s1. The van der Waals surface area contributed by atoms with Crippen LogP contribution in [0.1, 0.15) is 144 Å². The van der Waals surface area contributed by atoms with Gasteiger partial charge in [0.1, 0.15) is 45.7 Å². The molecule has 3 atom stereocenters. The largest absolute Gasteiger partial charge is 0.511 e. The number of oxazole rings is 1. The summed E-state index contributed by atoms with van der Waals surface area (Å²) in [7, 11) is 0. The van der Waals surface area contributed by atoms with Crippen molar-refractivity contribution in [2.45, 2.75) is 134 Å². The maximum absolute atomic E-state index is 12.7. The average molecular weight is 1400 g/mol. The number of piperidine rings is 3. The Morgan fingerprint density at radius 2 is 0.882 bits per heavy atom. The minimum atomic E-state index is -0.663. The van der Waals surface area contributed by atoms with Crippen LogP contribution in [0.3, 0.4) is 0 Å². The van der Waals surface area contributed by atoms with Crippen LogP contribution in [-0.2, 0) is 19.3 Å². The highest BCUT2D eigenvalue weighted by Gasteiger charge is 2.24. The number of amides is 3. The molecule has 0 unspecified atom stereocenters. The Morgan fingerprint density at radius 1 is 0.480 bits per heavy atom. The van der Waals surface area contributed by atoms with Crippen molar-refractivity contribution in [3.8, 4) is 17.2 Å². The number of rotatable bonds is 33. The molecule has 0 spiro atoms. The summed E-state index contributed by atoms with van der Waals surface area (Å²) in [5.41, 5.74) is 6.18. The summed E-state index contributed by atoms with van der Waals surface area (Å²) in [6, 6.07) is 45.8. The number of ether oxygens (including phenoxy) is 3. The molecule has 102 heavy (non-hydrogen) atoms. The molecule has 6 aromatic carbocycles. The minimum absolute atomic E-state index is 0.0450. The molecular formula is C82H101N9O10S. The molecule has 3 amide bonds. The van der Waals surface area contributed by atoms with Crippen LogP contribution in [-0.4, -0.2) is 125 Å². The molecule has 3 aliphatic rings. The van der Waals surface area contributed by atoms with Crippen LogP contribution in [0.2, 0.25) is 0 Å². The Morgan fingerprint density at radius 3 is 1.31 bits per heavy atom. The predicted molar refractivity (Wildman–Crippen MR) is 406 cm³/mol. The molecule has 20 heteroatoms. The van der Waals surface area contributed by atoms with Gasteiger partial charge < -0.3 is 70.8 Å². The number of thiazole rings is 1. The van der Waals surface area contributed by atoms with Crippen molar-refractivity contribution in [2.24, 2.45) is 17.8 Å². The molecular weight excluding hydrogens is 1300 g/mol. The third kappa shape index (κ3) is 24.1. The number of carbonyl (C=O) groups is 3. The summed E-state index contributed by atoms with van der Waals surface area (Å²) >= 11 is 1.33. The molecule has 10 N–H and O–H groups in total. The number of benzene rings is 6. The number of aliphatic hydroxyl groups excluding tert-OH is 3. The van der Waals surface area contributed by atoms with Crippen LogP contribution >= 0.6 is 11.3 Å². The number of nitrogens with one attached hydrogen (secondary N) is 7. The van der Waals surface area contributed by atoms with Gasteiger partial charge in [-0.15, -0.1) is 11.3 Å². The van der Waals surface area contributed by atoms with Crippen LogP contribution in [0.25, 0.3) is 32.2 Å². The van der Waals surface area contributed by atoms with Crippen molar-refractivity contribution in [2.75, 3.05) is 59.1 Å². The van der Waals surface area contributed by atoms with Crippen molar-refractivity contribution in [1.29, 1.82) is 0 Å². The highest BCUT2D eigenvalue weighted by molar-refractivity contribution is 7.20. The number of para-hydroxylation sites is 4. The van der Waals surface area contributed by atoms with Crippen molar-refractivity contribution < 1.29 is 48.3 Å². The smallest absolute Gasteiger partial charge is 0.307 e. The second kappa shape index (κ2) is 39.7. The van der Waals surface area contributed by atoms with Crippen LogP contribution in [0.15, 0.2) is 193 Å². The van der Waals surface area contributed by atoms with Gasteiger partial charge in [-0.05, 0) is 243 Å². The summed E-state index contributed by atoms with van der Waals surface area (Å²) in [5.74, 6) is 3.68. The van der Waals surface area contributed by atoms with E-state index in [0.29, 0.717) is 47.7 Å². The third-order valence-electron chi connectivity index (χ3n) is 19.2. The fourth-order valence-corrected chi connectivity index (χ4v) is 14.0. The zero-order chi connectivity index (χ0) is 71.3. The molecule has 3 aromatic heterocycles. The lowest BCUT2D eigenvalue weighted by Crippen LogP contribution is -2.37. The monoisotopic (exact) mass is 1400 g/mol. The van der Waals surface area contributed by atoms with Crippen LogP contribution in [0, 0.1) is 17.8 Å². The molecule has 12 rings (SSSR count). The van der Waals surface area contributed by atoms with E-state index in [1.165, 1.54) is 88.4 Å². The van der Waals surface area contributed by atoms with Gasteiger partial charge in [-0.25, -0.2) is 9.97 Å². The first-order valence-electron chi connectivity index (χ1n) is 36.4. The zero-order valence-corrected chi connectivity index (χ0v) is 59.4. The lowest BCUT2D eigenvalue weighted by molar-refractivity contribution is 0.0898. The van der Waals surface area contributed by atoms with Gasteiger partial charge >= 0.3 is 5.91 Å². The zero-order valence-electron chi connectivity index (χ0n) is 58.6. The maximum atomic E-state index is 12.7. The molecule has 540 valence electrons. The Labute approximate surface area is 603 Å². The molecule has 0 aliphatic carbocycles. The Balaban J connectivity index is 0.000000165. The first-order chi connectivity index (χ1) is 49.7. The summed E-state index contributed by atoms with van der Waals surface area (Å²) in [4.78, 5) is 49.7. The van der Waals surface area contributed by atoms with E-state index in [4.69, 9.17) is 18.6 Å². The van der Waals surface area contributed by atoms with E-state index in [2.05, 4.69) is 66.6 Å². The first kappa shape index (κ1) is 75.2. The first-order valence-corrected chi connectivity index (χ1v) is 37.2. The molecule has 3 aliphatic heterocycles. The summed E-state index contributed by atoms with van der Waals surface area (Å²) in [6.07, 6.45) is 19.7. The van der Waals surface area contributed by atoms with Gasteiger partial charge in [-0.1, -0.05) is 118 Å². The summed E-state index contributed by atoms with van der Waals surface area (Å²) < 4.78 is 24.1. The normalized spacial score (nSPS) is 15.2. The fraction of sp³-hybridized carbons (Fsp3) is 0.402. The van der Waals surface area contributed by atoms with Crippen LogP contribution < -0.4 is 46.1 Å². The predicted octanol–water partition coefficient (Wildman–Crippen LogP) is 15.2. The maximum Gasteiger partial charge on any atom is 0.307 e. The van der Waals surface area contributed by atoms with E-state index < -0.39 is 24.0 Å². The molecule has 0 bridgehead atoms. The number of nitrogens with zero attached hydrogens (tertiary/aromatic N) is 2. The lowest BCUT2D eigenvalue weighted by atomic mass is 9.93. The molecule has 0 radical (unpaired) electrons. The number of unbranched alkanes of at least 4 members (excludes halogenated alkanes) is 3. The van der Waals surface area contributed by atoms with Gasteiger partial charge in [0.2, 0.25) is 0 Å². The second-order valence-corrected chi connectivity index (χ2v) is 28.0. The molecule has 0 saturated carbocycles. The Hall–Kier alpha value is -9.47. The van der Waals surface area contributed by atoms with Gasteiger partial charge in [-0.2, -0.15) is 0 Å². The molecule has 3 saturated heterocycles. The van der Waals surface area contributed by atoms with Crippen LogP contribution in [0.5, 0.6) is 17.2 Å². The van der Waals surface area contributed by atoms with Gasteiger partial charge in [0.25, 0.3) is 17.7 Å². The number of H-pyrrole nitrogens is 1. The number of aromatic amines is 1. The average Bonchev–Trinajstić information content (AvgIpc) is 1.69. The van der Waals surface area contributed by atoms with Crippen LogP contribution in [0.4, 0.5) is 0 Å². The second-order valence-electron chi connectivity index (χ2n) is 27.0. The van der Waals surface area contributed by atoms with Gasteiger partial charge in [0.05, 0.1) is 48.2 Å². The van der Waals surface area contributed by atoms with E-state index in [9.17, 15) is 29.7 Å². The van der Waals surface area contributed by atoms with E-state index in [0.717, 1.165) is 145 Å². The van der Waals surface area contributed by atoms with Gasteiger partial charge in [0, 0.05) is 10.9 Å². The lowest BCUT2D eigenvalue weighted by Gasteiger charge is -2.22. The number of aromatic nitrogens is 3. The standard InChI is InChI=1S/C28H35N3O3.C27H33N3O4.C27H33N3O3S/c1-20(32)26(31-28(33)27-19-23-7-2-3-8-25(23)30-27)18-22-9-11-24(12-10-22)34-17-5-4-6-21-13-15-29-16-14-21;2*1-19(31)24(29-26(32)27-30-23-7-2-3-8-25(23)34-27)18-21-9-11-22(12-10-21)33-17-5-4-6-20-13-15-28-16-14-20/h2-3,7-12,19,21,26,29-30,32H,1,4-6,13-18H2,(H,31,33);2*2-3,7-12,20,24,28,31H,1,4-6,13-18H2,(H,29,32)/t26-;2*24-/m000/s1. The van der Waals surface area contributed by atoms with E-state index in [1.807, 2.05) is 133 Å². The number of aliphatic hydroxyl groups is 3. The fourth-order valence-electron chi connectivity index (χ4n) is 13.1. The highest BCUT2D eigenvalue weighted by atomic mass is 32.1. The number of hydrogen-bond donors (Lipinski definition) is 10. The molecule has 9 aromatic rings. The van der Waals surface area contributed by atoms with E-state index in [1.54, 1.807) is 18.2 Å². The molecule has 19 nitrogen and oxygen atoms in total. The minimum Gasteiger partial charge on any atom is -0.511 e. The molecule has 6 heterocycles. The van der Waals surface area contributed by atoms with Gasteiger partial charge in [-0.3, -0.25) is 14.4 Å². The van der Waals surface area contributed by atoms with E-state index in [-0.39, 0.29) is 35.0 Å². The van der Waals surface area contributed by atoms with E-state index >= 15 is 0 Å².